The Morgan fingerprint density at radius 3 is 2.29 bits per heavy atom. The molecule has 0 saturated carbocycles. The Bertz CT molecular complexity index is 1860. The molecular formula is C42H52BFNO2S. The second-order valence-electron chi connectivity index (χ2n) is 14.3. The summed E-state index contributed by atoms with van der Waals surface area (Å²) in [6.45, 7) is 15.5. The summed E-state index contributed by atoms with van der Waals surface area (Å²) in [5.74, 6) is -0.146. The number of aryl methyl sites for hydroxylation is 1. The molecule has 0 bridgehead atoms. The lowest BCUT2D eigenvalue weighted by Gasteiger charge is -2.23. The average Bonchev–Trinajstić information content (AvgIpc) is 3.33. The zero-order chi connectivity index (χ0) is 35.3. The molecular weight excluding hydrogens is 612 g/mol. The van der Waals surface area contributed by atoms with Crippen molar-refractivity contribution < 1.29 is 12.8 Å². The third kappa shape index (κ3) is 8.32. The van der Waals surface area contributed by atoms with E-state index in [0.29, 0.717) is 4.90 Å². The number of hydrogen-bond acceptors (Lipinski definition) is 3. The van der Waals surface area contributed by atoms with Gasteiger partial charge < -0.3 is 4.90 Å². The molecule has 0 unspecified atom stereocenters. The standard InChI is InChI=1S/C30H35NO2S.C12H17BF/c1-20-14-16-23-21(2)24(29(3,4)25(23)18-20)12-10-9-11-13-28-30(5,6)26-19-22(34(8,32)33)15-17-27(26)31(28)7;1-2-3-4-5-9-13-11-7-6-8-12(14)10-11/h9-19H,1-8H3;6-8,10H,2-5,9H2,1H3/b11-9+,12-10+,28-13+;. The van der Waals surface area contributed by atoms with Gasteiger partial charge in [0.1, 0.15) is 5.82 Å². The molecule has 3 aromatic rings. The maximum Gasteiger partial charge on any atom is 0.175 e. The number of nitrogens with zero attached hydrogens (tertiary/aromatic N) is 1. The summed E-state index contributed by atoms with van der Waals surface area (Å²) in [4.78, 5) is 2.52. The summed E-state index contributed by atoms with van der Waals surface area (Å²) < 4.78 is 36.9. The molecule has 5 rings (SSSR count). The van der Waals surface area contributed by atoms with Crippen LogP contribution in [-0.2, 0) is 20.7 Å². The molecule has 0 fully saturated rings. The second kappa shape index (κ2) is 15.3. The van der Waals surface area contributed by atoms with Crippen molar-refractivity contribution in [1.82, 2.24) is 0 Å². The van der Waals surface area contributed by atoms with Gasteiger partial charge in [0.15, 0.2) is 17.1 Å². The van der Waals surface area contributed by atoms with Crippen molar-refractivity contribution in [3.05, 3.63) is 130 Å². The van der Waals surface area contributed by atoms with Crippen molar-refractivity contribution in [1.29, 1.82) is 0 Å². The van der Waals surface area contributed by atoms with E-state index in [1.807, 2.05) is 25.2 Å². The van der Waals surface area contributed by atoms with Crippen molar-refractivity contribution in [2.24, 2.45) is 0 Å². The van der Waals surface area contributed by atoms with Gasteiger partial charge in [-0.05, 0) is 78.1 Å². The predicted octanol–water partition coefficient (Wildman–Crippen LogP) is 10.0. The fourth-order valence-corrected chi connectivity index (χ4v) is 7.62. The fraction of sp³-hybridized carbons (Fsp3) is 0.381. The van der Waals surface area contributed by atoms with Crippen LogP contribution in [0, 0.1) is 12.7 Å². The van der Waals surface area contributed by atoms with Crippen LogP contribution in [0.1, 0.15) is 89.5 Å². The van der Waals surface area contributed by atoms with Gasteiger partial charge in [0.25, 0.3) is 0 Å². The van der Waals surface area contributed by atoms with Gasteiger partial charge in [-0.2, -0.15) is 0 Å². The normalized spacial score (nSPS) is 17.2. The van der Waals surface area contributed by atoms with Gasteiger partial charge in [0.2, 0.25) is 0 Å². The van der Waals surface area contributed by atoms with Gasteiger partial charge in [0, 0.05) is 35.5 Å². The molecule has 0 N–H and O–H groups in total. The molecule has 0 saturated heterocycles. The number of rotatable bonds is 10. The molecule has 48 heavy (non-hydrogen) atoms. The predicted molar refractivity (Wildman–Crippen MR) is 205 cm³/mol. The number of anilines is 1. The number of sulfone groups is 1. The first-order chi connectivity index (χ1) is 22.6. The third-order valence-electron chi connectivity index (χ3n) is 9.79. The lowest BCUT2D eigenvalue weighted by molar-refractivity contribution is 0.600. The molecule has 3 aromatic carbocycles. The zero-order valence-corrected chi connectivity index (χ0v) is 31.1. The number of fused-ring (bicyclic) bond motifs is 2. The number of hydrogen-bond donors (Lipinski definition) is 0. The molecule has 6 heteroatoms. The smallest absolute Gasteiger partial charge is 0.175 e. The molecule has 1 heterocycles. The minimum absolute atomic E-state index is 0.0130. The Hall–Kier alpha value is -3.64. The zero-order valence-electron chi connectivity index (χ0n) is 30.3. The van der Waals surface area contributed by atoms with E-state index in [2.05, 4.69) is 109 Å². The minimum Gasteiger partial charge on any atom is -0.347 e. The molecule has 1 aliphatic carbocycles. The summed E-state index contributed by atoms with van der Waals surface area (Å²) in [6, 6.07) is 18.9. The van der Waals surface area contributed by atoms with E-state index in [4.69, 9.17) is 0 Å². The van der Waals surface area contributed by atoms with Crippen LogP contribution in [0.25, 0.3) is 5.57 Å². The van der Waals surface area contributed by atoms with Crippen LogP contribution in [0.15, 0.2) is 107 Å². The van der Waals surface area contributed by atoms with E-state index in [-0.39, 0.29) is 16.6 Å². The van der Waals surface area contributed by atoms with Crippen LogP contribution >= 0.6 is 0 Å². The number of likely N-dealkylation sites (N-methyl/N-ethyl adjacent to an activating group) is 1. The molecule has 0 amide bonds. The van der Waals surface area contributed by atoms with Crippen molar-refractivity contribution in [2.75, 3.05) is 18.2 Å². The van der Waals surface area contributed by atoms with Crippen LogP contribution in [0.3, 0.4) is 0 Å². The summed E-state index contributed by atoms with van der Waals surface area (Å²) in [7, 11) is 0.905. The van der Waals surface area contributed by atoms with Crippen molar-refractivity contribution in [3.8, 4) is 0 Å². The molecule has 253 valence electrons. The number of allylic oxidation sites excluding steroid dienone is 8. The molecule has 0 aromatic heterocycles. The Balaban J connectivity index is 0.000000312. The molecule has 3 nitrogen and oxygen atoms in total. The first-order valence-electron chi connectivity index (χ1n) is 17.1. The molecule has 2 aliphatic rings. The van der Waals surface area contributed by atoms with Gasteiger partial charge in [-0.25, -0.2) is 12.8 Å². The number of unbranched alkanes of at least 4 members (excludes halogenated alkanes) is 3. The molecule has 1 aliphatic heterocycles. The van der Waals surface area contributed by atoms with Gasteiger partial charge >= 0.3 is 0 Å². The molecule has 0 spiro atoms. The number of halogens is 1. The number of benzene rings is 3. The van der Waals surface area contributed by atoms with E-state index in [0.717, 1.165) is 28.7 Å². The quantitative estimate of drug-likeness (QED) is 0.123. The maximum absolute atomic E-state index is 12.8. The first-order valence-corrected chi connectivity index (χ1v) is 19.0. The largest absolute Gasteiger partial charge is 0.347 e. The van der Waals surface area contributed by atoms with E-state index < -0.39 is 9.84 Å². The summed E-state index contributed by atoms with van der Waals surface area (Å²) >= 11 is 0. The van der Waals surface area contributed by atoms with Crippen LogP contribution in [-0.4, -0.2) is 29.0 Å². The average molecular weight is 665 g/mol. The Kier molecular flexibility index (Phi) is 11.8. The second-order valence-corrected chi connectivity index (χ2v) is 16.3. The highest BCUT2D eigenvalue weighted by Gasteiger charge is 2.39. The topological polar surface area (TPSA) is 37.4 Å². The summed E-state index contributed by atoms with van der Waals surface area (Å²) in [5.41, 5.74) is 10.7. The van der Waals surface area contributed by atoms with Crippen LogP contribution in [0.5, 0.6) is 0 Å². The summed E-state index contributed by atoms with van der Waals surface area (Å²) in [6.07, 6.45) is 18.0. The Morgan fingerprint density at radius 1 is 0.854 bits per heavy atom. The highest BCUT2D eigenvalue weighted by molar-refractivity contribution is 7.90. The third-order valence-corrected chi connectivity index (χ3v) is 10.9. The van der Waals surface area contributed by atoms with Crippen LogP contribution in [0.4, 0.5) is 10.1 Å². The lowest BCUT2D eigenvalue weighted by Crippen LogP contribution is -2.22. The highest BCUT2D eigenvalue weighted by atomic mass is 32.2. The maximum atomic E-state index is 12.8. The first kappa shape index (κ1) is 37.2. The van der Waals surface area contributed by atoms with Crippen molar-refractivity contribution in [2.45, 2.75) is 96.2 Å². The van der Waals surface area contributed by atoms with Crippen molar-refractivity contribution in [3.63, 3.8) is 0 Å². The van der Waals surface area contributed by atoms with Crippen LogP contribution < -0.4 is 10.4 Å². The molecule has 1 radical (unpaired) electrons. The van der Waals surface area contributed by atoms with Gasteiger partial charge in [-0.3, -0.25) is 0 Å². The fourth-order valence-electron chi connectivity index (χ4n) is 6.98. The van der Waals surface area contributed by atoms with Crippen molar-refractivity contribution >= 4 is 33.8 Å². The van der Waals surface area contributed by atoms with Gasteiger partial charge in [0.05, 0.1) is 4.90 Å². The SMILES string of the molecule is CC1=C(/C=C/C=C/C=C2/N(C)c3ccc(S(C)(=O)=O)cc3C2(C)C)C(C)(C)c2cc(C)ccc21.CCCCCC[B]c1cccc(F)c1. The van der Waals surface area contributed by atoms with E-state index in [1.54, 1.807) is 18.2 Å². The van der Waals surface area contributed by atoms with Gasteiger partial charge in [-0.1, -0.05) is 132 Å². The Morgan fingerprint density at radius 2 is 1.60 bits per heavy atom. The van der Waals surface area contributed by atoms with Crippen LogP contribution in [0.2, 0.25) is 6.32 Å². The van der Waals surface area contributed by atoms with E-state index in [9.17, 15) is 12.8 Å². The van der Waals surface area contributed by atoms with Gasteiger partial charge in [-0.15, -0.1) is 0 Å². The lowest BCUT2D eigenvalue weighted by atomic mass is 9.66. The summed E-state index contributed by atoms with van der Waals surface area (Å²) in [5, 5.41) is 0. The monoisotopic (exact) mass is 664 g/mol. The van der Waals surface area contributed by atoms with E-state index >= 15 is 0 Å². The van der Waals surface area contributed by atoms with E-state index in [1.165, 1.54) is 65.8 Å². The highest BCUT2D eigenvalue weighted by Crippen LogP contribution is 2.48. The Labute approximate surface area is 290 Å². The molecule has 0 atom stereocenters. The minimum atomic E-state index is -3.24.